The molecule has 1 aromatic heterocycles. The van der Waals surface area contributed by atoms with Crippen molar-refractivity contribution < 1.29 is 14.3 Å². The van der Waals surface area contributed by atoms with Gasteiger partial charge in [0, 0.05) is 30.7 Å². The third-order valence-electron chi connectivity index (χ3n) is 4.52. The summed E-state index contributed by atoms with van der Waals surface area (Å²) in [4.78, 5) is 6.69. The first-order valence-corrected chi connectivity index (χ1v) is 8.98. The molecule has 1 aliphatic rings. The van der Waals surface area contributed by atoms with E-state index >= 15 is 0 Å². The Morgan fingerprint density at radius 1 is 1.24 bits per heavy atom. The lowest BCUT2D eigenvalue weighted by molar-refractivity contribution is 0.0642. The maximum atomic E-state index is 10.1. The summed E-state index contributed by atoms with van der Waals surface area (Å²) >= 11 is 0. The summed E-state index contributed by atoms with van der Waals surface area (Å²) in [5.41, 5.74) is 0.852. The van der Waals surface area contributed by atoms with Crippen LogP contribution in [-0.2, 0) is 23.2 Å². The number of phenols is 1. The van der Waals surface area contributed by atoms with Crippen LogP contribution in [0.25, 0.3) is 0 Å². The number of hydrogen-bond acceptors (Lipinski definition) is 5. The summed E-state index contributed by atoms with van der Waals surface area (Å²) < 4.78 is 11.7. The van der Waals surface area contributed by atoms with Crippen molar-refractivity contribution in [2.45, 2.75) is 58.2 Å². The number of nitrogens with zero attached hydrogens (tertiary/aromatic N) is 2. The van der Waals surface area contributed by atoms with E-state index < -0.39 is 0 Å². The van der Waals surface area contributed by atoms with Gasteiger partial charge in [-0.2, -0.15) is 0 Å². The highest BCUT2D eigenvalue weighted by Gasteiger charge is 2.23. The van der Waals surface area contributed by atoms with Gasteiger partial charge in [0.25, 0.3) is 0 Å². The largest absolute Gasteiger partial charge is 0.508 e. The second-order valence-corrected chi connectivity index (χ2v) is 7.80. The summed E-state index contributed by atoms with van der Waals surface area (Å²) in [5, 5.41) is 10.1. The highest BCUT2D eigenvalue weighted by atomic mass is 16.5. The van der Waals surface area contributed by atoms with E-state index in [0.717, 1.165) is 37.3 Å². The molecule has 5 heteroatoms. The number of phenolic OH excluding ortho intramolecular Hbond substituents is 1. The third kappa shape index (κ3) is 4.83. The number of aromatic nitrogens is 1. The van der Waals surface area contributed by atoms with Crippen molar-refractivity contribution >= 4 is 0 Å². The first-order chi connectivity index (χ1) is 11.9. The van der Waals surface area contributed by atoms with Crippen LogP contribution >= 0.6 is 0 Å². The van der Waals surface area contributed by atoms with Gasteiger partial charge in [0.2, 0.25) is 5.89 Å². The van der Waals surface area contributed by atoms with Crippen LogP contribution in [0.5, 0.6) is 5.75 Å². The van der Waals surface area contributed by atoms with Gasteiger partial charge < -0.3 is 14.3 Å². The fraction of sp³-hybridized carbons (Fsp3) is 0.550. The van der Waals surface area contributed by atoms with Gasteiger partial charge in [-0.1, -0.05) is 39.0 Å². The van der Waals surface area contributed by atoms with Gasteiger partial charge in [-0.15, -0.1) is 0 Å². The van der Waals surface area contributed by atoms with Crippen LogP contribution in [0.2, 0.25) is 0 Å². The second kappa shape index (κ2) is 7.58. The lowest BCUT2D eigenvalue weighted by Gasteiger charge is -2.24. The van der Waals surface area contributed by atoms with Crippen LogP contribution in [0.4, 0.5) is 0 Å². The smallest absolute Gasteiger partial charge is 0.208 e. The Bertz CT molecular complexity index is 684. The molecule has 1 unspecified atom stereocenters. The van der Waals surface area contributed by atoms with Crippen molar-refractivity contribution in [3.8, 4) is 5.75 Å². The molecular weight excluding hydrogens is 316 g/mol. The molecule has 1 aromatic carbocycles. The molecule has 0 radical (unpaired) electrons. The van der Waals surface area contributed by atoms with Crippen LogP contribution < -0.4 is 0 Å². The zero-order valence-corrected chi connectivity index (χ0v) is 15.4. The van der Waals surface area contributed by atoms with Gasteiger partial charge in [-0.3, -0.25) is 4.90 Å². The van der Waals surface area contributed by atoms with E-state index in [1.165, 1.54) is 0 Å². The molecule has 5 nitrogen and oxygen atoms in total. The van der Waals surface area contributed by atoms with Crippen molar-refractivity contribution in [2.24, 2.45) is 0 Å². The first-order valence-electron chi connectivity index (χ1n) is 8.98. The van der Waals surface area contributed by atoms with Crippen molar-refractivity contribution in [1.29, 1.82) is 0 Å². The molecule has 0 spiro atoms. The van der Waals surface area contributed by atoms with Gasteiger partial charge in [0.05, 0.1) is 18.8 Å². The fourth-order valence-electron chi connectivity index (χ4n) is 3.07. The maximum absolute atomic E-state index is 10.1. The summed E-state index contributed by atoms with van der Waals surface area (Å²) in [5.74, 6) is 1.92. The van der Waals surface area contributed by atoms with E-state index in [0.29, 0.717) is 24.7 Å². The van der Waals surface area contributed by atoms with Gasteiger partial charge >= 0.3 is 0 Å². The summed E-state index contributed by atoms with van der Waals surface area (Å²) in [6, 6.07) is 7.46. The number of rotatable bonds is 6. The van der Waals surface area contributed by atoms with Crippen LogP contribution in [0.3, 0.4) is 0 Å². The number of hydrogen-bond donors (Lipinski definition) is 1. The minimum absolute atomic E-state index is 0.0532. The van der Waals surface area contributed by atoms with Gasteiger partial charge in [-0.05, 0) is 18.9 Å². The zero-order chi connectivity index (χ0) is 17.9. The lowest BCUT2D eigenvalue weighted by atomic mass is 9.94. The summed E-state index contributed by atoms with van der Waals surface area (Å²) in [6.07, 6.45) is 4.25. The minimum Gasteiger partial charge on any atom is -0.508 e. The molecule has 0 aliphatic carbocycles. The maximum Gasteiger partial charge on any atom is 0.208 e. The Morgan fingerprint density at radius 2 is 2.04 bits per heavy atom. The summed E-state index contributed by atoms with van der Waals surface area (Å²) in [7, 11) is 0. The molecule has 3 rings (SSSR count). The highest BCUT2D eigenvalue weighted by Crippen LogP contribution is 2.25. The van der Waals surface area contributed by atoms with Crippen molar-refractivity contribution in [3.05, 3.63) is 47.7 Å². The quantitative estimate of drug-likeness (QED) is 0.862. The zero-order valence-electron chi connectivity index (χ0n) is 15.4. The van der Waals surface area contributed by atoms with Gasteiger partial charge in [0.15, 0.2) is 0 Å². The molecule has 0 bridgehead atoms. The molecular formula is C20H28N2O3. The first kappa shape index (κ1) is 18.0. The Balaban J connectivity index is 1.73. The molecule has 1 aliphatic heterocycles. The standard InChI is InChI=1S/C20H28N2O3/c1-20(2,3)18-11-21-19(25-18)14-22(13-16-8-6-10-24-16)12-15-7-4-5-9-17(15)23/h4-5,7,9,11,16,23H,6,8,10,12-14H2,1-3H3. The molecule has 1 N–H and O–H groups in total. The van der Waals surface area contributed by atoms with E-state index in [9.17, 15) is 5.11 Å². The number of para-hydroxylation sites is 1. The number of benzene rings is 1. The van der Waals surface area contributed by atoms with E-state index in [4.69, 9.17) is 9.15 Å². The SMILES string of the molecule is CC(C)(C)c1cnc(CN(Cc2ccccc2O)CC2CCCO2)o1. The van der Waals surface area contributed by atoms with Crippen molar-refractivity contribution in [2.75, 3.05) is 13.2 Å². The number of ether oxygens (including phenoxy) is 1. The average Bonchev–Trinajstić information content (AvgIpc) is 3.21. The molecule has 2 heterocycles. The molecule has 25 heavy (non-hydrogen) atoms. The third-order valence-corrected chi connectivity index (χ3v) is 4.52. The molecule has 1 atom stereocenters. The van der Waals surface area contributed by atoms with Crippen LogP contribution in [0.15, 0.2) is 34.9 Å². The predicted octanol–water partition coefficient (Wildman–Crippen LogP) is 3.86. The van der Waals surface area contributed by atoms with Crippen molar-refractivity contribution in [3.63, 3.8) is 0 Å². The average molecular weight is 344 g/mol. The van der Waals surface area contributed by atoms with E-state index in [2.05, 4.69) is 30.7 Å². The van der Waals surface area contributed by atoms with Crippen LogP contribution in [-0.4, -0.2) is 34.2 Å². The topological polar surface area (TPSA) is 58.7 Å². The Morgan fingerprint density at radius 3 is 2.68 bits per heavy atom. The van der Waals surface area contributed by atoms with Crippen molar-refractivity contribution in [1.82, 2.24) is 9.88 Å². The molecule has 2 aromatic rings. The van der Waals surface area contributed by atoms with E-state index in [-0.39, 0.29) is 11.5 Å². The van der Waals surface area contributed by atoms with Crippen LogP contribution in [0.1, 0.15) is 50.8 Å². The molecule has 0 saturated carbocycles. The molecule has 1 saturated heterocycles. The molecule has 136 valence electrons. The van der Waals surface area contributed by atoms with Gasteiger partial charge in [0.1, 0.15) is 11.5 Å². The Kier molecular flexibility index (Phi) is 5.45. The van der Waals surface area contributed by atoms with Crippen LogP contribution in [0, 0.1) is 0 Å². The Labute approximate surface area is 149 Å². The lowest BCUT2D eigenvalue weighted by Crippen LogP contribution is -2.31. The highest BCUT2D eigenvalue weighted by molar-refractivity contribution is 5.31. The molecule has 1 fully saturated rings. The van der Waals surface area contributed by atoms with E-state index in [1.54, 1.807) is 6.07 Å². The van der Waals surface area contributed by atoms with Gasteiger partial charge in [-0.25, -0.2) is 4.98 Å². The number of aromatic hydroxyl groups is 1. The number of oxazole rings is 1. The second-order valence-electron chi connectivity index (χ2n) is 7.80. The monoisotopic (exact) mass is 344 g/mol. The predicted molar refractivity (Wildman–Crippen MR) is 96.4 cm³/mol. The normalized spacial score (nSPS) is 18.2. The summed E-state index contributed by atoms with van der Waals surface area (Å²) in [6.45, 7) is 9.23. The minimum atomic E-state index is -0.0532. The molecule has 0 amide bonds. The van der Waals surface area contributed by atoms with E-state index in [1.807, 2.05) is 24.4 Å². The Hall–Kier alpha value is -1.85. The fourth-order valence-corrected chi connectivity index (χ4v) is 3.07.